The van der Waals surface area contributed by atoms with Crippen molar-refractivity contribution in [1.29, 1.82) is 0 Å². The monoisotopic (exact) mass is 290 g/mol. The van der Waals surface area contributed by atoms with Crippen LogP contribution < -0.4 is 5.32 Å². The number of unbranched alkanes of at least 4 members (excludes halogenated alkanes) is 1. The minimum Gasteiger partial charge on any atom is -0.352 e. The van der Waals surface area contributed by atoms with Crippen LogP contribution in [0.15, 0.2) is 24.3 Å². The molecular formula is C17H26N2O2. The SMILES string of the molecule is CCCCN(CCC(=O)NCc1ccc(C)cc1)C(C)=O. The Balaban J connectivity index is 2.32. The molecule has 0 heterocycles. The van der Waals surface area contributed by atoms with E-state index in [-0.39, 0.29) is 11.8 Å². The van der Waals surface area contributed by atoms with E-state index in [1.165, 1.54) is 5.56 Å². The summed E-state index contributed by atoms with van der Waals surface area (Å²) >= 11 is 0. The Bertz CT molecular complexity index is 454. The van der Waals surface area contributed by atoms with E-state index in [0.717, 1.165) is 24.9 Å². The van der Waals surface area contributed by atoms with Crippen molar-refractivity contribution in [3.63, 3.8) is 0 Å². The maximum atomic E-state index is 11.8. The molecule has 0 aromatic heterocycles. The van der Waals surface area contributed by atoms with E-state index >= 15 is 0 Å². The molecule has 0 fully saturated rings. The predicted molar refractivity (Wildman–Crippen MR) is 84.8 cm³/mol. The number of hydrogen-bond acceptors (Lipinski definition) is 2. The summed E-state index contributed by atoms with van der Waals surface area (Å²) in [6.45, 7) is 7.45. The van der Waals surface area contributed by atoms with Crippen LogP contribution in [0.3, 0.4) is 0 Å². The Labute approximate surface area is 127 Å². The normalized spacial score (nSPS) is 10.2. The number of nitrogens with one attached hydrogen (secondary N) is 1. The van der Waals surface area contributed by atoms with Crippen molar-refractivity contribution in [2.45, 2.75) is 46.6 Å². The molecule has 0 radical (unpaired) electrons. The van der Waals surface area contributed by atoms with E-state index in [9.17, 15) is 9.59 Å². The highest BCUT2D eigenvalue weighted by molar-refractivity contribution is 5.78. The van der Waals surface area contributed by atoms with Gasteiger partial charge >= 0.3 is 0 Å². The Morgan fingerprint density at radius 2 is 1.81 bits per heavy atom. The third kappa shape index (κ3) is 6.93. The van der Waals surface area contributed by atoms with Crippen LogP contribution >= 0.6 is 0 Å². The molecule has 21 heavy (non-hydrogen) atoms. The molecule has 4 heteroatoms. The quantitative estimate of drug-likeness (QED) is 0.800. The summed E-state index contributed by atoms with van der Waals surface area (Å²) in [4.78, 5) is 25.0. The van der Waals surface area contributed by atoms with Crippen molar-refractivity contribution in [3.05, 3.63) is 35.4 Å². The van der Waals surface area contributed by atoms with Gasteiger partial charge in [0, 0.05) is 33.0 Å². The summed E-state index contributed by atoms with van der Waals surface area (Å²) < 4.78 is 0. The lowest BCUT2D eigenvalue weighted by molar-refractivity contribution is -0.129. The molecule has 2 amide bonds. The van der Waals surface area contributed by atoms with Crippen LogP contribution in [0.2, 0.25) is 0 Å². The zero-order valence-electron chi connectivity index (χ0n) is 13.3. The molecule has 0 aliphatic carbocycles. The molecule has 0 spiro atoms. The largest absolute Gasteiger partial charge is 0.352 e. The zero-order chi connectivity index (χ0) is 15.7. The van der Waals surface area contributed by atoms with E-state index in [1.54, 1.807) is 11.8 Å². The molecule has 0 saturated carbocycles. The van der Waals surface area contributed by atoms with Gasteiger partial charge in [0.05, 0.1) is 0 Å². The van der Waals surface area contributed by atoms with Gasteiger partial charge in [-0.05, 0) is 18.9 Å². The second-order valence-electron chi connectivity index (χ2n) is 5.37. The first-order chi connectivity index (χ1) is 10.0. The standard InChI is InChI=1S/C17H26N2O2/c1-4-5-11-19(15(3)20)12-10-17(21)18-13-16-8-6-14(2)7-9-16/h6-9H,4-5,10-13H2,1-3H3,(H,18,21). The first-order valence-corrected chi connectivity index (χ1v) is 7.60. The average Bonchev–Trinajstić information content (AvgIpc) is 2.46. The van der Waals surface area contributed by atoms with Gasteiger partial charge in [-0.15, -0.1) is 0 Å². The Hall–Kier alpha value is -1.84. The smallest absolute Gasteiger partial charge is 0.222 e. The number of aryl methyl sites for hydroxylation is 1. The van der Waals surface area contributed by atoms with E-state index in [1.807, 2.05) is 31.2 Å². The van der Waals surface area contributed by atoms with Gasteiger partial charge in [-0.3, -0.25) is 9.59 Å². The molecule has 1 aromatic rings. The van der Waals surface area contributed by atoms with Crippen LogP contribution in [0.4, 0.5) is 0 Å². The zero-order valence-corrected chi connectivity index (χ0v) is 13.3. The molecule has 0 atom stereocenters. The number of carbonyl (C=O) groups excluding carboxylic acids is 2. The average molecular weight is 290 g/mol. The van der Waals surface area contributed by atoms with Crippen LogP contribution in [0.25, 0.3) is 0 Å². The fraction of sp³-hybridized carbons (Fsp3) is 0.529. The third-order valence-corrected chi connectivity index (χ3v) is 3.45. The number of benzene rings is 1. The molecule has 4 nitrogen and oxygen atoms in total. The second kappa shape index (κ2) is 9.16. The first kappa shape index (κ1) is 17.2. The number of carbonyl (C=O) groups is 2. The Morgan fingerprint density at radius 3 is 2.38 bits per heavy atom. The molecule has 0 aliphatic heterocycles. The van der Waals surface area contributed by atoms with E-state index in [0.29, 0.717) is 19.5 Å². The summed E-state index contributed by atoms with van der Waals surface area (Å²) in [7, 11) is 0. The van der Waals surface area contributed by atoms with E-state index < -0.39 is 0 Å². The van der Waals surface area contributed by atoms with Crippen LogP contribution in [0.5, 0.6) is 0 Å². The highest BCUT2D eigenvalue weighted by Gasteiger charge is 2.10. The van der Waals surface area contributed by atoms with Crippen molar-refractivity contribution < 1.29 is 9.59 Å². The fourth-order valence-corrected chi connectivity index (χ4v) is 2.01. The first-order valence-electron chi connectivity index (χ1n) is 7.60. The molecule has 1 N–H and O–H groups in total. The number of amides is 2. The van der Waals surface area contributed by atoms with Crippen molar-refractivity contribution in [2.75, 3.05) is 13.1 Å². The van der Waals surface area contributed by atoms with Crippen molar-refractivity contribution in [2.24, 2.45) is 0 Å². The molecule has 1 aromatic carbocycles. The number of nitrogens with zero attached hydrogens (tertiary/aromatic N) is 1. The predicted octanol–water partition coefficient (Wildman–Crippen LogP) is 2.65. The topological polar surface area (TPSA) is 49.4 Å². The van der Waals surface area contributed by atoms with Gasteiger partial charge in [0.2, 0.25) is 11.8 Å². The third-order valence-electron chi connectivity index (χ3n) is 3.45. The summed E-state index contributed by atoms with van der Waals surface area (Å²) in [5.41, 5.74) is 2.29. The highest BCUT2D eigenvalue weighted by Crippen LogP contribution is 2.03. The van der Waals surface area contributed by atoms with E-state index in [4.69, 9.17) is 0 Å². The molecule has 1 rings (SSSR count). The number of rotatable bonds is 8. The van der Waals surface area contributed by atoms with E-state index in [2.05, 4.69) is 12.2 Å². The molecular weight excluding hydrogens is 264 g/mol. The highest BCUT2D eigenvalue weighted by atomic mass is 16.2. The number of hydrogen-bond donors (Lipinski definition) is 1. The van der Waals surface area contributed by atoms with Gasteiger partial charge in [0.25, 0.3) is 0 Å². The van der Waals surface area contributed by atoms with Gasteiger partial charge in [0.15, 0.2) is 0 Å². The minimum absolute atomic E-state index is 0.0154. The van der Waals surface area contributed by atoms with Gasteiger partial charge in [-0.1, -0.05) is 43.2 Å². The summed E-state index contributed by atoms with van der Waals surface area (Å²) in [6.07, 6.45) is 2.38. The van der Waals surface area contributed by atoms with Crippen molar-refractivity contribution in [3.8, 4) is 0 Å². The van der Waals surface area contributed by atoms with Crippen molar-refractivity contribution in [1.82, 2.24) is 10.2 Å². The maximum absolute atomic E-state index is 11.8. The van der Waals surface area contributed by atoms with Crippen LogP contribution in [-0.2, 0) is 16.1 Å². The Kier molecular flexibility index (Phi) is 7.51. The minimum atomic E-state index is -0.0154. The molecule has 0 bridgehead atoms. The molecule has 0 aliphatic rings. The van der Waals surface area contributed by atoms with Crippen LogP contribution in [-0.4, -0.2) is 29.8 Å². The molecule has 0 unspecified atom stereocenters. The van der Waals surface area contributed by atoms with Gasteiger partial charge in [-0.25, -0.2) is 0 Å². The van der Waals surface area contributed by atoms with Gasteiger partial charge < -0.3 is 10.2 Å². The second-order valence-corrected chi connectivity index (χ2v) is 5.37. The van der Waals surface area contributed by atoms with Crippen LogP contribution in [0, 0.1) is 6.92 Å². The molecule has 116 valence electrons. The maximum Gasteiger partial charge on any atom is 0.222 e. The molecule has 0 saturated heterocycles. The Morgan fingerprint density at radius 1 is 1.14 bits per heavy atom. The summed E-state index contributed by atoms with van der Waals surface area (Å²) in [6, 6.07) is 8.09. The van der Waals surface area contributed by atoms with Gasteiger partial charge in [0.1, 0.15) is 0 Å². The lowest BCUT2D eigenvalue weighted by Gasteiger charge is -2.20. The lowest BCUT2D eigenvalue weighted by atomic mass is 10.1. The lowest BCUT2D eigenvalue weighted by Crippen LogP contribution is -2.34. The summed E-state index contributed by atoms with van der Waals surface area (Å²) in [5.74, 6) is 0.0214. The van der Waals surface area contributed by atoms with Gasteiger partial charge in [-0.2, -0.15) is 0 Å². The van der Waals surface area contributed by atoms with Crippen LogP contribution in [0.1, 0.15) is 44.2 Å². The summed E-state index contributed by atoms with van der Waals surface area (Å²) in [5, 5.41) is 2.89. The van der Waals surface area contributed by atoms with Crippen molar-refractivity contribution >= 4 is 11.8 Å². The fourth-order valence-electron chi connectivity index (χ4n) is 2.01.